The first-order valence-corrected chi connectivity index (χ1v) is 9.54. The van der Waals surface area contributed by atoms with Crippen molar-refractivity contribution in [3.05, 3.63) is 89.2 Å². The molecule has 0 bridgehead atoms. The molecule has 1 N–H and O–H groups in total. The zero-order chi connectivity index (χ0) is 18.8. The van der Waals surface area contributed by atoms with E-state index in [4.69, 9.17) is 0 Å². The van der Waals surface area contributed by atoms with Crippen LogP contribution in [-0.4, -0.2) is 22.0 Å². The Balaban J connectivity index is 1.66. The molecular weight excluding hydrogens is 334 g/mol. The van der Waals surface area contributed by atoms with Crippen molar-refractivity contribution in [2.75, 3.05) is 11.9 Å². The third-order valence-corrected chi connectivity index (χ3v) is 5.24. The molecule has 0 spiro atoms. The molecule has 4 nitrogen and oxygen atoms in total. The Kier molecular flexibility index (Phi) is 4.71. The van der Waals surface area contributed by atoms with Crippen molar-refractivity contribution >= 4 is 11.7 Å². The fourth-order valence-corrected chi connectivity index (χ4v) is 3.86. The smallest absolute Gasteiger partial charge is 0.322 e. The van der Waals surface area contributed by atoms with Gasteiger partial charge in [0.2, 0.25) is 0 Å². The molecular formula is C23H25N3O. The minimum Gasteiger partial charge on any atom is -0.348 e. The second kappa shape index (κ2) is 7.31. The van der Waals surface area contributed by atoms with E-state index in [1.807, 2.05) is 23.1 Å². The molecule has 0 saturated carbocycles. The molecule has 2 aromatic carbocycles. The number of amides is 2. The number of anilines is 1. The molecule has 138 valence electrons. The average Bonchev–Trinajstić information content (AvgIpc) is 3.16. The van der Waals surface area contributed by atoms with Crippen LogP contribution in [0.15, 0.2) is 66.9 Å². The van der Waals surface area contributed by atoms with Gasteiger partial charge in [-0.25, -0.2) is 4.79 Å². The second-order valence-corrected chi connectivity index (χ2v) is 7.12. The Morgan fingerprint density at radius 2 is 1.93 bits per heavy atom. The highest BCUT2D eigenvalue weighted by Crippen LogP contribution is 2.33. The van der Waals surface area contributed by atoms with E-state index in [0.717, 1.165) is 29.9 Å². The predicted molar refractivity (Wildman–Crippen MR) is 109 cm³/mol. The lowest BCUT2D eigenvalue weighted by Gasteiger charge is -2.37. The fourth-order valence-electron chi connectivity index (χ4n) is 3.86. The summed E-state index contributed by atoms with van der Waals surface area (Å²) in [6, 6.07) is 20.5. The number of rotatable bonds is 3. The predicted octanol–water partition coefficient (Wildman–Crippen LogP) is 5.00. The Morgan fingerprint density at radius 1 is 1.07 bits per heavy atom. The zero-order valence-corrected chi connectivity index (χ0v) is 15.9. The van der Waals surface area contributed by atoms with Gasteiger partial charge in [-0.15, -0.1) is 0 Å². The monoisotopic (exact) mass is 359 g/mol. The van der Waals surface area contributed by atoms with Crippen LogP contribution in [0.3, 0.4) is 0 Å². The molecule has 2 heterocycles. The van der Waals surface area contributed by atoms with Gasteiger partial charge in [0.1, 0.15) is 0 Å². The molecule has 27 heavy (non-hydrogen) atoms. The lowest BCUT2D eigenvalue weighted by atomic mass is 9.98. The van der Waals surface area contributed by atoms with Crippen molar-refractivity contribution in [2.45, 2.75) is 32.9 Å². The molecule has 0 fully saturated rings. The van der Waals surface area contributed by atoms with Crippen molar-refractivity contribution in [1.82, 2.24) is 9.47 Å². The molecule has 0 saturated heterocycles. The van der Waals surface area contributed by atoms with Gasteiger partial charge in [0, 0.05) is 30.7 Å². The summed E-state index contributed by atoms with van der Waals surface area (Å²) in [6.45, 7) is 5.70. The number of aromatic nitrogens is 1. The SMILES string of the molecule is CCc1cccc(NC(=O)N2CCn3cccc3C2c2cccc(C)c2)c1. The summed E-state index contributed by atoms with van der Waals surface area (Å²) in [5.74, 6) is 0. The molecule has 4 heteroatoms. The molecule has 3 aromatic rings. The van der Waals surface area contributed by atoms with Gasteiger partial charge >= 0.3 is 6.03 Å². The van der Waals surface area contributed by atoms with Crippen molar-refractivity contribution in [3.8, 4) is 0 Å². The van der Waals surface area contributed by atoms with Gasteiger partial charge in [0.05, 0.1) is 6.04 Å². The summed E-state index contributed by atoms with van der Waals surface area (Å²) in [7, 11) is 0. The van der Waals surface area contributed by atoms with Crippen LogP contribution in [0.4, 0.5) is 10.5 Å². The van der Waals surface area contributed by atoms with E-state index >= 15 is 0 Å². The number of fused-ring (bicyclic) bond motifs is 1. The van der Waals surface area contributed by atoms with Crippen LogP contribution < -0.4 is 5.32 Å². The summed E-state index contributed by atoms with van der Waals surface area (Å²) >= 11 is 0. The van der Waals surface area contributed by atoms with Gasteiger partial charge in [0.15, 0.2) is 0 Å². The van der Waals surface area contributed by atoms with Crippen LogP contribution in [0, 0.1) is 6.92 Å². The molecule has 2 amide bonds. The van der Waals surface area contributed by atoms with Crippen molar-refractivity contribution in [2.24, 2.45) is 0 Å². The highest BCUT2D eigenvalue weighted by atomic mass is 16.2. The van der Waals surface area contributed by atoms with E-state index in [0.29, 0.717) is 6.54 Å². The molecule has 4 rings (SSSR count). The van der Waals surface area contributed by atoms with Gasteiger partial charge in [-0.05, 0) is 48.7 Å². The van der Waals surface area contributed by atoms with Gasteiger partial charge in [-0.1, -0.05) is 48.9 Å². The second-order valence-electron chi connectivity index (χ2n) is 7.12. The van der Waals surface area contributed by atoms with Crippen LogP contribution in [0.25, 0.3) is 0 Å². The first-order chi connectivity index (χ1) is 13.2. The first-order valence-electron chi connectivity index (χ1n) is 9.54. The lowest BCUT2D eigenvalue weighted by molar-refractivity contribution is 0.182. The van der Waals surface area contributed by atoms with Gasteiger partial charge < -0.3 is 14.8 Å². The van der Waals surface area contributed by atoms with Gasteiger partial charge in [0.25, 0.3) is 0 Å². The highest BCUT2D eigenvalue weighted by molar-refractivity contribution is 5.90. The molecule has 1 atom stereocenters. The molecule has 0 aliphatic carbocycles. The topological polar surface area (TPSA) is 37.3 Å². The number of carbonyl (C=O) groups excluding carboxylic acids is 1. The van der Waals surface area contributed by atoms with Crippen LogP contribution in [0.2, 0.25) is 0 Å². The number of benzene rings is 2. The van der Waals surface area contributed by atoms with E-state index in [1.54, 1.807) is 0 Å². The van der Waals surface area contributed by atoms with Crippen LogP contribution in [-0.2, 0) is 13.0 Å². The summed E-state index contributed by atoms with van der Waals surface area (Å²) < 4.78 is 2.24. The van der Waals surface area contributed by atoms with E-state index in [-0.39, 0.29) is 12.1 Å². The minimum absolute atomic E-state index is 0.0535. The summed E-state index contributed by atoms with van der Waals surface area (Å²) in [6.07, 6.45) is 3.05. The maximum absolute atomic E-state index is 13.2. The van der Waals surface area contributed by atoms with E-state index in [9.17, 15) is 4.79 Å². The third-order valence-electron chi connectivity index (χ3n) is 5.24. The highest BCUT2D eigenvalue weighted by Gasteiger charge is 2.32. The first kappa shape index (κ1) is 17.4. The quantitative estimate of drug-likeness (QED) is 0.702. The summed E-state index contributed by atoms with van der Waals surface area (Å²) in [5.41, 5.74) is 5.57. The summed E-state index contributed by atoms with van der Waals surface area (Å²) in [5, 5.41) is 3.10. The Bertz CT molecular complexity index is 960. The average molecular weight is 359 g/mol. The lowest BCUT2D eigenvalue weighted by Crippen LogP contribution is -2.44. The van der Waals surface area contributed by atoms with Crippen LogP contribution in [0.5, 0.6) is 0 Å². The normalized spacial score (nSPS) is 16.1. The maximum Gasteiger partial charge on any atom is 0.322 e. The summed E-state index contributed by atoms with van der Waals surface area (Å²) in [4.78, 5) is 15.1. The number of hydrogen-bond acceptors (Lipinski definition) is 1. The number of urea groups is 1. The standard InChI is InChI=1S/C23H25N3O/c1-3-18-8-5-10-20(16-18)24-23(27)26-14-13-25-12-6-11-21(25)22(26)19-9-4-7-17(2)15-19/h4-12,15-16,22H,3,13-14H2,1-2H3,(H,24,27). The van der Waals surface area contributed by atoms with Gasteiger partial charge in [-0.2, -0.15) is 0 Å². The van der Waals surface area contributed by atoms with E-state index < -0.39 is 0 Å². The number of nitrogens with one attached hydrogen (secondary N) is 1. The van der Waals surface area contributed by atoms with E-state index in [1.165, 1.54) is 11.1 Å². The van der Waals surface area contributed by atoms with Crippen molar-refractivity contribution < 1.29 is 4.79 Å². The fraction of sp³-hybridized carbons (Fsp3) is 0.261. The largest absolute Gasteiger partial charge is 0.348 e. The molecule has 0 radical (unpaired) electrons. The number of carbonyl (C=O) groups is 1. The van der Waals surface area contributed by atoms with Crippen LogP contribution >= 0.6 is 0 Å². The molecule has 1 unspecified atom stereocenters. The Morgan fingerprint density at radius 3 is 2.74 bits per heavy atom. The third kappa shape index (κ3) is 3.47. The van der Waals surface area contributed by atoms with Crippen molar-refractivity contribution in [3.63, 3.8) is 0 Å². The minimum atomic E-state index is -0.0805. The number of hydrogen-bond donors (Lipinski definition) is 1. The maximum atomic E-state index is 13.2. The van der Waals surface area contributed by atoms with Gasteiger partial charge in [-0.3, -0.25) is 0 Å². The Labute approximate surface area is 160 Å². The number of aryl methyl sites for hydroxylation is 2. The molecule has 1 aromatic heterocycles. The Hall–Kier alpha value is -3.01. The van der Waals surface area contributed by atoms with E-state index in [2.05, 4.69) is 72.4 Å². The molecule has 1 aliphatic heterocycles. The van der Waals surface area contributed by atoms with Crippen LogP contribution in [0.1, 0.15) is 35.3 Å². The zero-order valence-electron chi connectivity index (χ0n) is 15.9. The van der Waals surface area contributed by atoms with Crippen molar-refractivity contribution in [1.29, 1.82) is 0 Å². The number of nitrogens with zero attached hydrogens (tertiary/aromatic N) is 2. The molecule has 1 aliphatic rings.